The highest BCUT2D eigenvalue weighted by molar-refractivity contribution is 7.17. The van der Waals surface area contributed by atoms with Crippen LogP contribution in [-0.4, -0.2) is 6.54 Å². The molecule has 2 nitrogen and oxygen atoms in total. The van der Waals surface area contributed by atoms with Gasteiger partial charge in [0.05, 0.1) is 12.3 Å². The molecule has 2 heterocycles. The number of hydrogen-bond acceptors (Lipinski definition) is 3. The summed E-state index contributed by atoms with van der Waals surface area (Å²) in [7, 11) is 0. The van der Waals surface area contributed by atoms with Gasteiger partial charge in [-0.1, -0.05) is 25.1 Å². The number of thiophene rings is 1. The van der Waals surface area contributed by atoms with Crippen molar-refractivity contribution in [1.29, 1.82) is 0 Å². The van der Waals surface area contributed by atoms with Gasteiger partial charge in [0, 0.05) is 4.70 Å². The molecule has 3 heteroatoms. The third-order valence-corrected chi connectivity index (χ3v) is 4.23. The summed E-state index contributed by atoms with van der Waals surface area (Å²) >= 11 is 1.79. The zero-order chi connectivity index (χ0) is 13.1. The molecule has 1 atom stereocenters. The molecular weight excluding hydrogens is 254 g/mol. The van der Waals surface area contributed by atoms with Crippen LogP contribution < -0.4 is 5.32 Å². The summed E-state index contributed by atoms with van der Waals surface area (Å²) in [6, 6.07) is 12.7. The van der Waals surface area contributed by atoms with Gasteiger partial charge in [0.25, 0.3) is 0 Å². The van der Waals surface area contributed by atoms with Crippen molar-refractivity contribution in [2.45, 2.75) is 19.4 Å². The van der Waals surface area contributed by atoms with Gasteiger partial charge in [-0.15, -0.1) is 11.3 Å². The van der Waals surface area contributed by atoms with Gasteiger partial charge in [-0.3, -0.25) is 0 Å². The van der Waals surface area contributed by atoms with Crippen LogP contribution in [0.15, 0.2) is 52.5 Å². The minimum atomic E-state index is 0.145. The first-order valence-electron chi connectivity index (χ1n) is 6.63. The fourth-order valence-electron chi connectivity index (χ4n) is 2.33. The summed E-state index contributed by atoms with van der Waals surface area (Å²) in [6.45, 7) is 3.16. The van der Waals surface area contributed by atoms with Crippen molar-refractivity contribution in [2.24, 2.45) is 0 Å². The van der Waals surface area contributed by atoms with E-state index in [-0.39, 0.29) is 6.04 Å². The standard InChI is InChI=1S/C16H17NOS/c1-2-9-17-16(14-7-5-10-18-14)13-11-19-15-8-4-3-6-12(13)15/h3-8,10-11,16-17H,2,9H2,1H3. The molecule has 3 aromatic rings. The van der Waals surface area contributed by atoms with Gasteiger partial charge in [-0.05, 0) is 47.5 Å². The van der Waals surface area contributed by atoms with Crippen molar-refractivity contribution in [3.05, 3.63) is 59.4 Å². The van der Waals surface area contributed by atoms with Crippen molar-refractivity contribution < 1.29 is 4.42 Å². The SMILES string of the molecule is CCCNC(c1ccco1)c1csc2ccccc12. The van der Waals surface area contributed by atoms with Crippen molar-refractivity contribution in [1.82, 2.24) is 5.32 Å². The second-order valence-corrected chi connectivity index (χ2v) is 5.50. The summed E-state index contributed by atoms with van der Waals surface area (Å²) in [4.78, 5) is 0. The molecule has 0 saturated carbocycles. The van der Waals surface area contributed by atoms with Gasteiger partial charge in [0.2, 0.25) is 0 Å². The van der Waals surface area contributed by atoms with E-state index in [1.807, 2.05) is 12.1 Å². The Morgan fingerprint density at radius 3 is 2.89 bits per heavy atom. The highest BCUT2D eigenvalue weighted by atomic mass is 32.1. The number of benzene rings is 1. The van der Waals surface area contributed by atoms with E-state index < -0.39 is 0 Å². The summed E-state index contributed by atoms with van der Waals surface area (Å²) in [6.07, 6.45) is 2.85. The quantitative estimate of drug-likeness (QED) is 0.734. The first kappa shape index (κ1) is 12.5. The van der Waals surface area contributed by atoms with Gasteiger partial charge in [-0.25, -0.2) is 0 Å². The molecule has 19 heavy (non-hydrogen) atoms. The van der Waals surface area contributed by atoms with Crippen LogP contribution in [0.2, 0.25) is 0 Å². The monoisotopic (exact) mass is 271 g/mol. The van der Waals surface area contributed by atoms with Crippen LogP contribution in [0.25, 0.3) is 10.1 Å². The number of nitrogens with one attached hydrogen (secondary N) is 1. The van der Waals surface area contributed by atoms with E-state index >= 15 is 0 Å². The minimum absolute atomic E-state index is 0.145. The average Bonchev–Trinajstić information content (AvgIpc) is 3.09. The lowest BCUT2D eigenvalue weighted by Gasteiger charge is -2.16. The summed E-state index contributed by atoms with van der Waals surface area (Å²) in [5.74, 6) is 0.983. The van der Waals surface area contributed by atoms with Crippen molar-refractivity contribution >= 4 is 21.4 Å². The second-order valence-electron chi connectivity index (χ2n) is 4.59. The zero-order valence-corrected chi connectivity index (χ0v) is 11.7. The first-order valence-corrected chi connectivity index (χ1v) is 7.51. The minimum Gasteiger partial charge on any atom is -0.467 e. The number of furan rings is 1. The average molecular weight is 271 g/mol. The van der Waals surface area contributed by atoms with Crippen LogP contribution in [0.5, 0.6) is 0 Å². The van der Waals surface area contributed by atoms with Gasteiger partial charge in [0.15, 0.2) is 0 Å². The molecule has 0 aliphatic rings. The fraction of sp³-hybridized carbons (Fsp3) is 0.250. The zero-order valence-electron chi connectivity index (χ0n) is 10.9. The molecule has 0 spiro atoms. The van der Waals surface area contributed by atoms with Crippen molar-refractivity contribution in [3.63, 3.8) is 0 Å². The normalized spacial score (nSPS) is 12.9. The van der Waals surface area contributed by atoms with E-state index in [0.717, 1.165) is 18.7 Å². The first-order chi connectivity index (χ1) is 9.40. The van der Waals surface area contributed by atoms with E-state index in [2.05, 4.69) is 41.9 Å². The number of fused-ring (bicyclic) bond motifs is 1. The fourth-order valence-corrected chi connectivity index (χ4v) is 3.32. The molecule has 1 unspecified atom stereocenters. The summed E-state index contributed by atoms with van der Waals surface area (Å²) < 4.78 is 6.93. The van der Waals surface area contributed by atoms with Crippen LogP contribution in [-0.2, 0) is 0 Å². The van der Waals surface area contributed by atoms with E-state index in [1.165, 1.54) is 15.6 Å². The molecule has 0 saturated heterocycles. The third kappa shape index (κ3) is 2.44. The maximum atomic E-state index is 5.61. The molecule has 3 rings (SSSR count). The molecule has 0 aliphatic heterocycles. The van der Waals surface area contributed by atoms with Crippen LogP contribution in [0, 0.1) is 0 Å². The van der Waals surface area contributed by atoms with E-state index in [9.17, 15) is 0 Å². The predicted molar refractivity (Wildman–Crippen MR) is 80.7 cm³/mol. The van der Waals surface area contributed by atoms with E-state index in [4.69, 9.17) is 4.42 Å². The largest absolute Gasteiger partial charge is 0.467 e. The Morgan fingerprint density at radius 2 is 2.11 bits per heavy atom. The maximum absolute atomic E-state index is 5.61. The number of rotatable bonds is 5. The Bertz CT molecular complexity index is 642. The van der Waals surface area contributed by atoms with Gasteiger partial charge in [0.1, 0.15) is 5.76 Å². The van der Waals surface area contributed by atoms with E-state index in [0.29, 0.717) is 0 Å². The molecule has 0 aliphatic carbocycles. The third-order valence-electron chi connectivity index (χ3n) is 3.25. The Labute approximate surface area is 117 Å². The van der Waals surface area contributed by atoms with Crippen LogP contribution >= 0.6 is 11.3 Å². The molecule has 98 valence electrons. The maximum Gasteiger partial charge on any atom is 0.125 e. The Balaban J connectivity index is 2.03. The lowest BCUT2D eigenvalue weighted by Crippen LogP contribution is -2.22. The van der Waals surface area contributed by atoms with Gasteiger partial charge < -0.3 is 9.73 Å². The Hall–Kier alpha value is -1.58. The molecule has 0 amide bonds. The molecule has 0 radical (unpaired) electrons. The van der Waals surface area contributed by atoms with E-state index in [1.54, 1.807) is 17.6 Å². The smallest absolute Gasteiger partial charge is 0.125 e. The predicted octanol–water partition coefficient (Wildman–Crippen LogP) is 4.58. The van der Waals surface area contributed by atoms with Crippen LogP contribution in [0.4, 0.5) is 0 Å². The molecule has 0 bridgehead atoms. The lowest BCUT2D eigenvalue weighted by molar-refractivity contribution is 0.448. The van der Waals surface area contributed by atoms with Crippen molar-refractivity contribution in [2.75, 3.05) is 6.54 Å². The van der Waals surface area contributed by atoms with Crippen molar-refractivity contribution in [3.8, 4) is 0 Å². The number of hydrogen-bond donors (Lipinski definition) is 1. The van der Waals surface area contributed by atoms with Gasteiger partial charge >= 0.3 is 0 Å². The molecular formula is C16H17NOS. The summed E-state index contributed by atoms with van der Waals surface area (Å²) in [5.41, 5.74) is 1.31. The second kappa shape index (κ2) is 5.59. The summed E-state index contributed by atoms with van der Waals surface area (Å²) in [5, 5.41) is 7.13. The topological polar surface area (TPSA) is 25.2 Å². The molecule has 1 N–H and O–H groups in total. The molecule has 2 aromatic heterocycles. The molecule has 0 fully saturated rings. The Kier molecular flexibility index (Phi) is 3.67. The highest BCUT2D eigenvalue weighted by Crippen LogP contribution is 2.33. The van der Waals surface area contributed by atoms with Crippen LogP contribution in [0.3, 0.4) is 0 Å². The van der Waals surface area contributed by atoms with Crippen LogP contribution in [0.1, 0.15) is 30.7 Å². The highest BCUT2D eigenvalue weighted by Gasteiger charge is 2.19. The van der Waals surface area contributed by atoms with Gasteiger partial charge in [-0.2, -0.15) is 0 Å². The molecule has 1 aromatic carbocycles. The lowest BCUT2D eigenvalue weighted by atomic mass is 10.0. The Morgan fingerprint density at radius 1 is 1.21 bits per heavy atom.